The molecule has 3 aromatic rings. The van der Waals surface area contributed by atoms with Crippen molar-refractivity contribution in [3.63, 3.8) is 0 Å². The van der Waals surface area contributed by atoms with E-state index in [1.807, 2.05) is 97.9 Å². The molecule has 0 saturated carbocycles. The Kier molecular flexibility index (Phi) is 10.4. The molecule has 0 radical (unpaired) electrons. The van der Waals surface area contributed by atoms with E-state index in [2.05, 4.69) is 13.2 Å². The van der Waals surface area contributed by atoms with Crippen molar-refractivity contribution >= 4 is 0 Å². The zero-order valence-corrected chi connectivity index (χ0v) is 22.1. The Morgan fingerprint density at radius 2 is 1.16 bits per heavy atom. The molecule has 0 aromatic heterocycles. The largest absolute Gasteiger partial charge is 0.368 e. The van der Waals surface area contributed by atoms with Gasteiger partial charge >= 0.3 is 0 Å². The quantitative estimate of drug-likeness (QED) is 0.226. The molecule has 3 aromatic carbocycles. The van der Waals surface area contributed by atoms with Gasteiger partial charge in [0.1, 0.15) is 18.3 Å². The lowest BCUT2D eigenvalue weighted by atomic mass is 9.89. The molecule has 4 rings (SSSR count). The third-order valence-corrected chi connectivity index (χ3v) is 6.62. The minimum Gasteiger partial charge on any atom is -0.368 e. The molecule has 1 heterocycles. The van der Waals surface area contributed by atoms with E-state index < -0.39 is 24.1 Å². The lowest BCUT2D eigenvalue weighted by molar-refractivity contribution is -0.373. The molecule has 0 N–H and O–H groups in total. The minimum atomic E-state index is -1.11. The molecule has 5 unspecified atom stereocenters. The molecule has 0 spiro atoms. The van der Waals surface area contributed by atoms with Crippen LogP contribution in [0.2, 0.25) is 0 Å². The van der Waals surface area contributed by atoms with E-state index in [0.29, 0.717) is 32.8 Å². The average Bonchev–Trinajstić information content (AvgIpc) is 2.96. The van der Waals surface area contributed by atoms with Crippen LogP contribution in [0.3, 0.4) is 0 Å². The van der Waals surface area contributed by atoms with Gasteiger partial charge in [-0.15, -0.1) is 13.2 Å². The van der Waals surface area contributed by atoms with Gasteiger partial charge in [-0.3, -0.25) is 0 Å². The second-order valence-corrected chi connectivity index (χ2v) is 9.47. The van der Waals surface area contributed by atoms with Crippen LogP contribution in [0.5, 0.6) is 0 Å². The fraction of sp³-hybridized carbons (Fsp3) is 0.333. The fourth-order valence-corrected chi connectivity index (χ4v) is 4.81. The maximum absolute atomic E-state index is 6.65. The second kappa shape index (κ2) is 14.2. The van der Waals surface area contributed by atoms with Crippen LogP contribution in [0.1, 0.15) is 30.0 Å². The molecule has 0 amide bonds. The molecule has 1 aliphatic rings. The normalized spacial score (nSPS) is 25.1. The highest BCUT2D eigenvalue weighted by molar-refractivity contribution is 5.16. The standard InChI is InChI=1S/C33H38O5/c1-4-21-33(37-22-5-2)32(36-25-29-19-13-8-14-20-29)31(35-24-28-17-11-7-12-18-28)30(26(3)38-33)34-23-27-15-9-6-10-16-27/h4-20,26,30-32H,1-2,21-25H2,3H3. The summed E-state index contributed by atoms with van der Waals surface area (Å²) in [5.74, 6) is -1.11. The van der Waals surface area contributed by atoms with E-state index in [1.54, 1.807) is 12.2 Å². The van der Waals surface area contributed by atoms with Crippen molar-refractivity contribution in [1.82, 2.24) is 0 Å². The fourth-order valence-electron chi connectivity index (χ4n) is 4.81. The van der Waals surface area contributed by atoms with Crippen LogP contribution in [0, 0.1) is 0 Å². The molecule has 200 valence electrons. The van der Waals surface area contributed by atoms with E-state index in [1.165, 1.54) is 0 Å². The zero-order valence-electron chi connectivity index (χ0n) is 22.1. The van der Waals surface area contributed by atoms with Gasteiger partial charge in [-0.2, -0.15) is 0 Å². The van der Waals surface area contributed by atoms with Crippen molar-refractivity contribution in [2.45, 2.75) is 63.4 Å². The molecule has 5 nitrogen and oxygen atoms in total. The number of hydrogen-bond acceptors (Lipinski definition) is 5. The van der Waals surface area contributed by atoms with Crippen LogP contribution in [-0.2, 0) is 43.5 Å². The zero-order chi connectivity index (χ0) is 26.6. The molecule has 1 saturated heterocycles. The van der Waals surface area contributed by atoms with Crippen molar-refractivity contribution in [2.75, 3.05) is 6.61 Å². The first-order valence-electron chi connectivity index (χ1n) is 13.2. The van der Waals surface area contributed by atoms with Gasteiger partial charge in [-0.25, -0.2) is 0 Å². The van der Waals surface area contributed by atoms with Crippen LogP contribution in [0.25, 0.3) is 0 Å². The van der Waals surface area contributed by atoms with E-state index in [-0.39, 0.29) is 6.10 Å². The van der Waals surface area contributed by atoms with Crippen LogP contribution in [-0.4, -0.2) is 36.8 Å². The predicted octanol–water partition coefficient (Wildman–Crippen LogP) is 6.64. The van der Waals surface area contributed by atoms with E-state index in [0.717, 1.165) is 16.7 Å². The topological polar surface area (TPSA) is 46.2 Å². The Morgan fingerprint density at radius 3 is 1.63 bits per heavy atom. The number of rotatable bonds is 14. The molecule has 1 fully saturated rings. The summed E-state index contributed by atoms with van der Waals surface area (Å²) >= 11 is 0. The Hall–Kier alpha value is -3.06. The number of hydrogen-bond donors (Lipinski definition) is 0. The van der Waals surface area contributed by atoms with E-state index in [4.69, 9.17) is 23.7 Å². The van der Waals surface area contributed by atoms with Gasteiger partial charge in [0.15, 0.2) is 0 Å². The van der Waals surface area contributed by atoms with E-state index >= 15 is 0 Å². The maximum Gasteiger partial charge on any atom is 0.201 e. The summed E-state index contributed by atoms with van der Waals surface area (Å²) in [6.07, 6.45) is 2.13. The Bertz CT molecular complexity index is 1100. The highest BCUT2D eigenvalue weighted by Gasteiger charge is 2.56. The van der Waals surface area contributed by atoms with Gasteiger partial charge in [-0.05, 0) is 23.6 Å². The first kappa shape index (κ1) is 28.0. The van der Waals surface area contributed by atoms with E-state index in [9.17, 15) is 0 Å². The third kappa shape index (κ3) is 7.28. The van der Waals surface area contributed by atoms with Crippen LogP contribution >= 0.6 is 0 Å². The molecule has 5 heteroatoms. The molecule has 38 heavy (non-hydrogen) atoms. The lowest BCUT2D eigenvalue weighted by Crippen LogP contribution is -2.66. The van der Waals surface area contributed by atoms with Crippen LogP contribution in [0.4, 0.5) is 0 Å². The second-order valence-electron chi connectivity index (χ2n) is 9.47. The summed E-state index contributed by atoms with van der Waals surface area (Å²) in [6, 6.07) is 30.3. The summed E-state index contributed by atoms with van der Waals surface area (Å²) in [6.45, 7) is 11.3. The van der Waals surface area contributed by atoms with Gasteiger partial charge in [0.05, 0.1) is 32.5 Å². The third-order valence-electron chi connectivity index (χ3n) is 6.62. The van der Waals surface area contributed by atoms with Gasteiger partial charge < -0.3 is 23.7 Å². The molecular formula is C33H38O5. The summed E-state index contributed by atoms with van der Waals surface area (Å²) < 4.78 is 32.8. The van der Waals surface area contributed by atoms with Crippen LogP contribution in [0.15, 0.2) is 116 Å². The molecule has 0 aliphatic carbocycles. The molecule has 0 bridgehead atoms. The Balaban J connectivity index is 1.67. The van der Waals surface area contributed by atoms with Crippen molar-refractivity contribution in [3.8, 4) is 0 Å². The Morgan fingerprint density at radius 1 is 0.684 bits per heavy atom. The predicted molar refractivity (Wildman–Crippen MR) is 149 cm³/mol. The Labute approximate surface area is 226 Å². The summed E-state index contributed by atoms with van der Waals surface area (Å²) in [5, 5.41) is 0. The van der Waals surface area contributed by atoms with Gasteiger partial charge in [0, 0.05) is 6.42 Å². The number of ether oxygens (including phenoxy) is 5. The number of benzene rings is 3. The maximum atomic E-state index is 6.65. The SMILES string of the molecule is C=CCOC1(CC=C)OC(C)C(OCc2ccccc2)C(OCc2ccccc2)C1OCc1ccccc1. The van der Waals surface area contributed by atoms with Crippen molar-refractivity contribution in [3.05, 3.63) is 133 Å². The highest BCUT2D eigenvalue weighted by Crippen LogP contribution is 2.40. The monoisotopic (exact) mass is 514 g/mol. The summed E-state index contributed by atoms with van der Waals surface area (Å²) in [4.78, 5) is 0. The van der Waals surface area contributed by atoms with Crippen molar-refractivity contribution < 1.29 is 23.7 Å². The van der Waals surface area contributed by atoms with Crippen molar-refractivity contribution in [2.24, 2.45) is 0 Å². The first-order valence-corrected chi connectivity index (χ1v) is 13.2. The van der Waals surface area contributed by atoms with Crippen LogP contribution < -0.4 is 0 Å². The van der Waals surface area contributed by atoms with Gasteiger partial charge in [0.25, 0.3) is 0 Å². The molecular weight excluding hydrogens is 476 g/mol. The molecule has 1 aliphatic heterocycles. The van der Waals surface area contributed by atoms with Gasteiger partial charge in [-0.1, -0.05) is 103 Å². The molecule has 5 atom stereocenters. The smallest absolute Gasteiger partial charge is 0.201 e. The highest BCUT2D eigenvalue weighted by atomic mass is 16.7. The van der Waals surface area contributed by atoms with Gasteiger partial charge in [0.2, 0.25) is 5.79 Å². The lowest BCUT2D eigenvalue weighted by Gasteiger charge is -2.51. The minimum absolute atomic E-state index is 0.298. The van der Waals surface area contributed by atoms with Crippen molar-refractivity contribution in [1.29, 1.82) is 0 Å². The average molecular weight is 515 g/mol. The first-order chi connectivity index (χ1) is 18.6. The summed E-state index contributed by atoms with van der Waals surface area (Å²) in [5.41, 5.74) is 3.19. The summed E-state index contributed by atoms with van der Waals surface area (Å²) in [7, 11) is 0.